The fourth-order valence-corrected chi connectivity index (χ4v) is 0. The van der Waals surface area contributed by atoms with Crippen molar-refractivity contribution in [3.63, 3.8) is 0 Å². The van der Waals surface area contributed by atoms with Gasteiger partial charge in [0.2, 0.25) is 5.78 Å². The van der Waals surface area contributed by atoms with Gasteiger partial charge in [-0.2, -0.15) is 0 Å². The molecule has 0 radical (unpaired) electrons. The Balaban J connectivity index is 0. The van der Waals surface area contributed by atoms with Crippen LogP contribution in [0.3, 0.4) is 0 Å². The zero-order valence-electron chi connectivity index (χ0n) is 3.67. The molecular formula is C3H4O3W. The van der Waals surface area contributed by atoms with Crippen LogP contribution in [0.5, 0.6) is 0 Å². The van der Waals surface area contributed by atoms with Crippen molar-refractivity contribution < 1.29 is 35.8 Å². The SMILES string of the molecule is CC(=O)C(=O)O.[W]. The average molecular weight is 272 g/mol. The number of hydrogen-bond donors (Lipinski definition) is 1. The van der Waals surface area contributed by atoms with Crippen molar-refractivity contribution in [2.45, 2.75) is 6.92 Å². The van der Waals surface area contributed by atoms with Gasteiger partial charge in [-0.3, -0.25) is 4.79 Å². The number of Topliss-reactive ketones (excluding diaryl/α,β-unsaturated/α-hetero) is 1. The third-order valence-electron chi connectivity index (χ3n) is 0.301. The molecule has 0 aromatic carbocycles. The molecule has 7 heavy (non-hydrogen) atoms. The van der Waals surface area contributed by atoms with E-state index in [1.165, 1.54) is 0 Å². The maximum Gasteiger partial charge on any atom is 0.371 e. The van der Waals surface area contributed by atoms with Crippen LogP contribution in [-0.2, 0) is 30.7 Å². The van der Waals surface area contributed by atoms with E-state index in [-0.39, 0.29) is 21.1 Å². The van der Waals surface area contributed by atoms with Gasteiger partial charge in [0, 0.05) is 28.0 Å². The molecule has 0 saturated heterocycles. The topological polar surface area (TPSA) is 54.4 Å². The number of carbonyl (C=O) groups is 2. The van der Waals surface area contributed by atoms with Crippen LogP contribution in [0.25, 0.3) is 0 Å². The number of carboxylic acids is 1. The average Bonchev–Trinajstić information content (AvgIpc) is 1.36. The van der Waals surface area contributed by atoms with Gasteiger partial charge in [-0.15, -0.1) is 0 Å². The summed E-state index contributed by atoms with van der Waals surface area (Å²) >= 11 is 0. The van der Waals surface area contributed by atoms with Gasteiger partial charge in [0.25, 0.3) is 0 Å². The Kier molecular flexibility index (Phi) is 5.69. The van der Waals surface area contributed by atoms with E-state index in [1.54, 1.807) is 0 Å². The first-order chi connectivity index (χ1) is 2.64. The van der Waals surface area contributed by atoms with Crippen molar-refractivity contribution in [3.05, 3.63) is 0 Å². The molecule has 0 aliphatic rings. The zero-order valence-corrected chi connectivity index (χ0v) is 6.61. The first kappa shape index (κ1) is 9.95. The molecular weight excluding hydrogens is 268 g/mol. The Hall–Kier alpha value is -0.172. The molecule has 0 aromatic heterocycles. The fraction of sp³-hybridized carbons (Fsp3) is 0.333. The quantitative estimate of drug-likeness (QED) is 0.664. The predicted octanol–water partition coefficient (Wildman–Crippen LogP) is -0.343. The summed E-state index contributed by atoms with van der Waals surface area (Å²) in [7, 11) is 0. The second kappa shape index (κ2) is 4.00. The molecule has 0 saturated carbocycles. The van der Waals surface area contributed by atoms with E-state index in [0.29, 0.717) is 0 Å². The summed E-state index contributed by atoms with van der Waals surface area (Å²) in [5.41, 5.74) is 0. The summed E-state index contributed by atoms with van der Waals surface area (Å²) in [6.45, 7) is 1.00. The van der Waals surface area contributed by atoms with E-state index >= 15 is 0 Å². The van der Waals surface area contributed by atoms with Crippen LogP contribution in [0.4, 0.5) is 0 Å². The second-order valence-electron chi connectivity index (χ2n) is 0.861. The molecule has 0 rings (SSSR count). The minimum atomic E-state index is -1.38. The first-order valence-electron chi connectivity index (χ1n) is 1.38. The van der Waals surface area contributed by atoms with Crippen molar-refractivity contribution in [3.8, 4) is 0 Å². The van der Waals surface area contributed by atoms with Crippen molar-refractivity contribution in [1.82, 2.24) is 0 Å². The van der Waals surface area contributed by atoms with Crippen molar-refractivity contribution in [2.75, 3.05) is 0 Å². The van der Waals surface area contributed by atoms with Gasteiger partial charge in [-0.25, -0.2) is 4.79 Å². The molecule has 0 amide bonds. The fourth-order valence-electron chi connectivity index (χ4n) is 0. The monoisotopic (exact) mass is 272 g/mol. The summed E-state index contributed by atoms with van der Waals surface area (Å²) in [6, 6.07) is 0. The van der Waals surface area contributed by atoms with Gasteiger partial charge >= 0.3 is 5.97 Å². The summed E-state index contributed by atoms with van der Waals surface area (Å²) in [6.07, 6.45) is 0. The maximum atomic E-state index is 9.54. The molecule has 0 bridgehead atoms. The molecule has 0 fully saturated rings. The van der Waals surface area contributed by atoms with Gasteiger partial charge in [-0.1, -0.05) is 0 Å². The molecule has 0 aliphatic heterocycles. The molecule has 0 unspecified atom stereocenters. The third kappa shape index (κ3) is 5.83. The van der Waals surface area contributed by atoms with Gasteiger partial charge in [0.15, 0.2) is 0 Å². The van der Waals surface area contributed by atoms with Crippen molar-refractivity contribution >= 4 is 11.8 Å². The normalized spacial score (nSPS) is 6.43. The Morgan fingerprint density at radius 2 is 1.57 bits per heavy atom. The van der Waals surface area contributed by atoms with Crippen molar-refractivity contribution in [2.24, 2.45) is 0 Å². The number of rotatable bonds is 1. The Labute approximate surface area is 55.0 Å². The summed E-state index contributed by atoms with van der Waals surface area (Å²) in [5, 5.41) is 7.64. The van der Waals surface area contributed by atoms with Gasteiger partial charge < -0.3 is 5.11 Å². The number of hydrogen-bond acceptors (Lipinski definition) is 2. The van der Waals surface area contributed by atoms with Crippen LogP contribution in [-0.4, -0.2) is 16.9 Å². The Morgan fingerprint density at radius 3 is 1.57 bits per heavy atom. The largest absolute Gasteiger partial charge is 0.476 e. The standard InChI is InChI=1S/C3H4O3.W/c1-2(4)3(5)6;/h1H3,(H,5,6);. The van der Waals surface area contributed by atoms with Crippen LogP contribution in [0.1, 0.15) is 6.92 Å². The number of carbonyl (C=O) groups excluding carboxylic acids is 1. The molecule has 40 valence electrons. The minimum absolute atomic E-state index is 0. The van der Waals surface area contributed by atoms with Crippen LogP contribution >= 0.6 is 0 Å². The number of ketones is 1. The van der Waals surface area contributed by atoms with E-state index in [9.17, 15) is 9.59 Å². The molecule has 4 heteroatoms. The summed E-state index contributed by atoms with van der Waals surface area (Å²) in [4.78, 5) is 18.9. The van der Waals surface area contributed by atoms with Gasteiger partial charge in [0.1, 0.15) is 0 Å². The van der Waals surface area contributed by atoms with Gasteiger partial charge in [0.05, 0.1) is 0 Å². The van der Waals surface area contributed by atoms with Crippen LogP contribution in [0.2, 0.25) is 0 Å². The van der Waals surface area contributed by atoms with E-state index in [4.69, 9.17) is 5.11 Å². The molecule has 0 aliphatic carbocycles. The van der Waals surface area contributed by atoms with E-state index < -0.39 is 11.8 Å². The molecule has 0 spiro atoms. The van der Waals surface area contributed by atoms with E-state index in [0.717, 1.165) is 6.92 Å². The Morgan fingerprint density at radius 1 is 1.43 bits per heavy atom. The molecule has 0 atom stereocenters. The summed E-state index contributed by atoms with van der Waals surface area (Å²) < 4.78 is 0. The van der Waals surface area contributed by atoms with Crippen LogP contribution in [0.15, 0.2) is 0 Å². The molecule has 3 nitrogen and oxygen atoms in total. The first-order valence-corrected chi connectivity index (χ1v) is 1.38. The molecule has 0 heterocycles. The zero-order chi connectivity index (χ0) is 5.15. The predicted molar refractivity (Wildman–Crippen MR) is 18.3 cm³/mol. The van der Waals surface area contributed by atoms with Crippen molar-refractivity contribution in [1.29, 1.82) is 0 Å². The van der Waals surface area contributed by atoms with Crippen LogP contribution < -0.4 is 0 Å². The second-order valence-corrected chi connectivity index (χ2v) is 0.861. The van der Waals surface area contributed by atoms with Crippen LogP contribution in [0, 0.1) is 0 Å². The number of carboxylic acid groups (broad SMARTS) is 1. The number of aliphatic carboxylic acids is 1. The minimum Gasteiger partial charge on any atom is -0.476 e. The van der Waals surface area contributed by atoms with E-state index in [1.807, 2.05) is 0 Å². The molecule has 0 aromatic rings. The molecule has 1 N–H and O–H groups in total. The maximum absolute atomic E-state index is 9.54. The smallest absolute Gasteiger partial charge is 0.371 e. The van der Waals surface area contributed by atoms with E-state index in [2.05, 4.69) is 0 Å². The third-order valence-corrected chi connectivity index (χ3v) is 0.301. The van der Waals surface area contributed by atoms with Gasteiger partial charge in [-0.05, 0) is 0 Å². The summed E-state index contributed by atoms with van der Waals surface area (Å²) in [5.74, 6) is -2.20. The Bertz CT molecular complexity index is 76.2.